The lowest BCUT2D eigenvalue weighted by atomic mass is 9.99. The second-order valence-electron chi connectivity index (χ2n) is 19.6. The first-order chi connectivity index (χ1) is 34.9. The Morgan fingerprint density at radius 3 is 1.49 bits per heavy atom. The molecule has 0 aliphatic rings. The molecule has 23 nitrogen and oxygen atoms in total. The van der Waals surface area contributed by atoms with Crippen LogP contribution in [0.4, 0.5) is 0 Å². The maximum atomic E-state index is 14.3. The molecule has 3 aromatic rings. The Balaban J connectivity index is 1.89. The van der Waals surface area contributed by atoms with Gasteiger partial charge in [0.1, 0.15) is 42.3 Å². The van der Waals surface area contributed by atoms with Crippen LogP contribution in [0.15, 0.2) is 78.2 Å². The number of nitrogens with zero attached hydrogens (tertiary/aromatic N) is 2. The van der Waals surface area contributed by atoms with E-state index in [0.717, 1.165) is 5.56 Å². The summed E-state index contributed by atoms with van der Waals surface area (Å²) in [6.45, 7) is 11.8. The Morgan fingerprint density at radius 1 is 0.581 bits per heavy atom. The number of aromatic nitrogens is 2. The molecule has 1 heterocycles. The molecule has 9 atom stereocenters. The Morgan fingerprint density at radius 2 is 1.03 bits per heavy atom. The largest absolute Gasteiger partial charge is 0.480 e. The summed E-state index contributed by atoms with van der Waals surface area (Å²) in [6.07, 6.45) is 1.51. The molecule has 0 spiro atoms. The second kappa shape index (κ2) is 30.6. The number of guanidine groups is 1. The molecule has 0 aliphatic heterocycles. The van der Waals surface area contributed by atoms with E-state index in [-0.39, 0.29) is 69.3 Å². The number of hydrogen-bond donors (Lipinski definition) is 13. The van der Waals surface area contributed by atoms with Crippen LogP contribution < -0.4 is 54.4 Å². The van der Waals surface area contributed by atoms with E-state index in [1.54, 1.807) is 58.0 Å². The number of imidazole rings is 1. The van der Waals surface area contributed by atoms with E-state index >= 15 is 0 Å². The zero-order valence-electron chi connectivity index (χ0n) is 43.3. The Kier molecular flexibility index (Phi) is 25.2. The van der Waals surface area contributed by atoms with Crippen LogP contribution in [0.2, 0.25) is 0 Å². The van der Waals surface area contributed by atoms with Crippen LogP contribution in [-0.4, -0.2) is 134 Å². The summed E-state index contributed by atoms with van der Waals surface area (Å²) >= 11 is 0. The molecule has 0 saturated heterocycles. The predicted octanol–water partition coefficient (Wildman–Crippen LogP) is -0.574. The molecule has 406 valence electrons. The van der Waals surface area contributed by atoms with E-state index in [4.69, 9.17) is 17.2 Å². The molecule has 16 N–H and O–H groups in total. The molecule has 0 unspecified atom stereocenters. The van der Waals surface area contributed by atoms with Gasteiger partial charge in [0.2, 0.25) is 41.4 Å². The number of H-pyrrole nitrogens is 1. The van der Waals surface area contributed by atoms with Crippen LogP contribution in [0.3, 0.4) is 0 Å². The van der Waals surface area contributed by atoms with Crippen LogP contribution in [0.5, 0.6) is 0 Å². The molecule has 3 rings (SSSR count). The third-order valence-electron chi connectivity index (χ3n) is 11.7. The van der Waals surface area contributed by atoms with Crippen molar-refractivity contribution >= 4 is 53.3 Å². The van der Waals surface area contributed by atoms with E-state index in [2.05, 4.69) is 52.2 Å². The highest BCUT2D eigenvalue weighted by Gasteiger charge is 2.36. The highest BCUT2D eigenvalue weighted by molar-refractivity contribution is 5.98. The molecule has 0 bridgehead atoms. The standard InChI is InChI=1S/C51H77N13O10/c1-28(2)21-37(59-43(66)35(52)23-32-15-10-8-11-16-32)45(68)62-40(25-34-26-55-27-57-34)48(71)64-42(31(7)65)49(72)58-36(19-14-20-56-51(53)54)44(67)60-38(22-29(3)4)46(69)61-39(24-33-17-12-9-13-18-33)47(70)63-41(30(5)6)50(73)74/h8-13,15-18,26-31,35-42,65H,14,19-25,52H2,1-7H3,(H,55,57)(H,58,72)(H,59,66)(H,60,67)(H,61,69)(H,62,68)(H,63,70)(H,64,71)(H,73,74)(H4,53,54,56)/t31-,35+,36+,37+,38+,39+,40+,41+,42+/m1/s1. The zero-order chi connectivity index (χ0) is 55.1. The quantitative estimate of drug-likeness (QED) is 0.0218. The van der Waals surface area contributed by atoms with Crippen molar-refractivity contribution in [1.82, 2.24) is 47.2 Å². The van der Waals surface area contributed by atoms with E-state index in [1.807, 2.05) is 44.2 Å². The summed E-state index contributed by atoms with van der Waals surface area (Å²) in [5.41, 5.74) is 19.2. The van der Waals surface area contributed by atoms with Gasteiger partial charge in [-0.1, -0.05) is 102 Å². The topological polar surface area (TPSA) is 380 Å². The number of aliphatic carboxylic acids is 1. The number of nitrogens with two attached hydrogens (primary N) is 3. The fourth-order valence-electron chi connectivity index (χ4n) is 7.81. The molecule has 0 saturated carbocycles. The van der Waals surface area contributed by atoms with Gasteiger partial charge in [-0.05, 0) is 67.9 Å². The van der Waals surface area contributed by atoms with Gasteiger partial charge in [0, 0.05) is 31.3 Å². The van der Waals surface area contributed by atoms with Gasteiger partial charge < -0.3 is 69.6 Å². The molecular formula is C51H77N13O10. The van der Waals surface area contributed by atoms with Gasteiger partial charge in [-0.15, -0.1) is 0 Å². The molecule has 74 heavy (non-hydrogen) atoms. The number of aliphatic hydroxyl groups excluding tert-OH is 1. The van der Waals surface area contributed by atoms with Crippen molar-refractivity contribution in [2.24, 2.45) is 39.9 Å². The molecule has 0 aliphatic carbocycles. The fourth-order valence-corrected chi connectivity index (χ4v) is 7.81. The van der Waals surface area contributed by atoms with Crippen molar-refractivity contribution in [2.45, 2.75) is 148 Å². The van der Waals surface area contributed by atoms with Crippen molar-refractivity contribution in [1.29, 1.82) is 0 Å². The van der Waals surface area contributed by atoms with Gasteiger partial charge in [-0.2, -0.15) is 0 Å². The average Bonchev–Trinajstić information content (AvgIpc) is 3.85. The first kappa shape index (κ1) is 60.9. The Labute approximate surface area is 432 Å². The number of benzene rings is 2. The van der Waals surface area contributed by atoms with Crippen molar-refractivity contribution in [3.8, 4) is 0 Å². The zero-order valence-corrected chi connectivity index (χ0v) is 43.3. The van der Waals surface area contributed by atoms with E-state index in [9.17, 15) is 48.6 Å². The molecule has 0 fully saturated rings. The van der Waals surface area contributed by atoms with Gasteiger partial charge in [0.25, 0.3) is 0 Å². The molecule has 7 amide bonds. The summed E-state index contributed by atoms with van der Waals surface area (Å²) in [7, 11) is 0. The first-order valence-electron chi connectivity index (χ1n) is 24.8. The van der Waals surface area contributed by atoms with Gasteiger partial charge in [0.05, 0.1) is 18.5 Å². The third-order valence-corrected chi connectivity index (χ3v) is 11.7. The smallest absolute Gasteiger partial charge is 0.326 e. The lowest BCUT2D eigenvalue weighted by molar-refractivity contribution is -0.143. The highest BCUT2D eigenvalue weighted by Crippen LogP contribution is 2.13. The lowest BCUT2D eigenvalue weighted by Crippen LogP contribution is -2.62. The number of aliphatic hydroxyl groups is 1. The highest BCUT2D eigenvalue weighted by atomic mass is 16.4. The average molecular weight is 1030 g/mol. The van der Waals surface area contributed by atoms with E-state index < -0.39 is 108 Å². The number of nitrogens with one attached hydrogen (secondary N) is 8. The third kappa shape index (κ3) is 21.4. The molecule has 2 aromatic carbocycles. The molecule has 0 radical (unpaired) electrons. The minimum atomic E-state index is -1.72. The summed E-state index contributed by atoms with van der Waals surface area (Å²) in [5.74, 6) is -7.88. The van der Waals surface area contributed by atoms with Gasteiger partial charge in [0.15, 0.2) is 5.96 Å². The Hall–Kier alpha value is -7.40. The SMILES string of the molecule is CC(C)C[C@H](NC(=O)[C@H](CCCN=C(N)N)NC(=O)[C@@H](NC(=O)[C@H](Cc1cnc[nH]1)NC(=O)[C@H](CC(C)C)NC(=O)[C@@H](N)Cc1ccccc1)[C@@H](C)O)C(=O)N[C@@H](Cc1ccccc1)C(=O)N[C@H](C(=O)O)C(C)C. The number of hydrogen-bond acceptors (Lipinski definition) is 12. The fraction of sp³-hybridized carbons (Fsp3) is 0.529. The van der Waals surface area contributed by atoms with Crippen molar-refractivity contribution in [2.75, 3.05) is 6.54 Å². The Bertz CT molecular complexity index is 2310. The van der Waals surface area contributed by atoms with Gasteiger partial charge in [-0.25, -0.2) is 9.78 Å². The normalized spacial score (nSPS) is 14.9. The number of carboxylic acids is 1. The number of carbonyl (C=O) groups excluding carboxylic acids is 7. The summed E-state index contributed by atoms with van der Waals surface area (Å²) < 4.78 is 0. The molecule has 1 aromatic heterocycles. The number of carboxylic acid groups (broad SMARTS) is 1. The minimum absolute atomic E-state index is 0.0213. The van der Waals surface area contributed by atoms with Gasteiger partial charge >= 0.3 is 5.97 Å². The van der Waals surface area contributed by atoms with Crippen LogP contribution in [0.25, 0.3) is 0 Å². The van der Waals surface area contributed by atoms with E-state index in [0.29, 0.717) is 11.3 Å². The van der Waals surface area contributed by atoms with Crippen molar-refractivity contribution < 1.29 is 48.6 Å². The number of amides is 7. The maximum absolute atomic E-state index is 14.3. The van der Waals surface area contributed by atoms with E-state index in [1.165, 1.54) is 19.4 Å². The van der Waals surface area contributed by atoms with Crippen molar-refractivity contribution in [3.63, 3.8) is 0 Å². The monoisotopic (exact) mass is 1030 g/mol. The minimum Gasteiger partial charge on any atom is -0.480 e. The number of aliphatic imine (C=N–C) groups is 1. The second-order valence-corrected chi connectivity index (χ2v) is 19.6. The summed E-state index contributed by atoms with van der Waals surface area (Å²) in [5, 5.41) is 39.2. The van der Waals surface area contributed by atoms with Crippen molar-refractivity contribution in [3.05, 3.63) is 90.0 Å². The number of rotatable bonds is 31. The first-order valence-corrected chi connectivity index (χ1v) is 24.8. The lowest BCUT2D eigenvalue weighted by Gasteiger charge is -2.29. The van der Waals surface area contributed by atoms with Crippen LogP contribution >= 0.6 is 0 Å². The summed E-state index contributed by atoms with van der Waals surface area (Å²) in [4.78, 5) is 121. The summed E-state index contributed by atoms with van der Waals surface area (Å²) in [6, 6.07) is 7.37. The molecule has 23 heteroatoms. The number of aromatic amines is 1. The molecular weight excluding hydrogens is 955 g/mol. The predicted molar refractivity (Wildman–Crippen MR) is 277 cm³/mol. The van der Waals surface area contributed by atoms with Crippen LogP contribution in [-0.2, 0) is 57.6 Å². The maximum Gasteiger partial charge on any atom is 0.326 e. The van der Waals surface area contributed by atoms with Crippen LogP contribution in [0, 0.1) is 17.8 Å². The van der Waals surface area contributed by atoms with Gasteiger partial charge in [-0.3, -0.25) is 38.6 Å². The number of carbonyl (C=O) groups is 8. The van der Waals surface area contributed by atoms with Crippen LogP contribution in [0.1, 0.15) is 91.0 Å².